The Hall–Kier alpha value is -1.03. The molecule has 0 aromatic heterocycles. The molecule has 0 saturated carbocycles. The zero-order valence-corrected chi connectivity index (χ0v) is 13.4. The van der Waals surface area contributed by atoms with E-state index in [1.54, 1.807) is 0 Å². The number of nitrogens with one attached hydrogen (secondary N) is 1. The van der Waals surface area contributed by atoms with E-state index in [4.69, 9.17) is 0 Å². The summed E-state index contributed by atoms with van der Waals surface area (Å²) in [5, 5.41) is 2.98. The number of benzene rings is 1. The molecule has 1 rings (SSSR count). The summed E-state index contributed by atoms with van der Waals surface area (Å²) in [6.45, 7) is 6.49. The van der Waals surface area contributed by atoms with Crippen molar-refractivity contribution in [2.45, 2.75) is 39.7 Å². The van der Waals surface area contributed by atoms with E-state index >= 15 is 0 Å². The van der Waals surface area contributed by atoms with Crippen molar-refractivity contribution in [3.05, 3.63) is 34.3 Å². The van der Waals surface area contributed by atoms with Crippen molar-refractivity contribution >= 4 is 22.0 Å². The quantitative estimate of drug-likeness (QED) is 0.801. The molecule has 2 amide bonds. The highest BCUT2D eigenvalue weighted by atomic mass is 79.9. The molecule has 0 aliphatic rings. The highest BCUT2D eigenvalue weighted by Gasteiger charge is 2.11. The average Bonchev–Trinajstić information content (AvgIpc) is 2.42. The zero-order valence-electron chi connectivity index (χ0n) is 11.8. The van der Waals surface area contributed by atoms with Crippen molar-refractivity contribution in [2.75, 3.05) is 13.1 Å². The van der Waals surface area contributed by atoms with E-state index in [0.29, 0.717) is 6.54 Å². The third-order valence-electron chi connectivity index (χ3n) is 2.92. The standard InChI is InChI=1S/C15H23BrN2O/c1-3-5-11-18(10-4-2)15(19)17-12-13-6-8-14(16)9-7-13/h6-9H,3-5,10-12H2,1-2H3,(H,17,19). The van der Waals surface area contributed by atoms with Crippen molar-refractivity contribution in [2.24, 2.45) is 0 Å². The second kappa shape index (κ2) is 8.97. The summed E-state index contributed by atoms with van der Waals surface area (Å²) in [4.78, 5) is 14.0. The van der Waals surface area contributed by atoms with Gasteiger partial charge < -0.3 is 10.2 Å². The first-order chi connectivity index (χ1) is 9.17. The van der Waals surface area contributed by atoms with E-state index in [0.717, 1.165) is 42.4 Å². The van der Waals surface area contributed by atoms with Crippen LogP contribution in [-0.2, 0) is 6.54 Å². The Balaban J connectivity index is 2.44. The zero-order chi connectivity index (χ0) is 14.1. The molecule has 106 valence electrons. The Morgan fingerprint density at radius 1 is 1.16 bits per heavy atom. The minimum absolute atomic E-state index is 0.0400. The predicted octanol–water partition coefficient (Wildman–Crippen LogP) is 4.17. The molecular formula is C15H23BrN2O. The highest BCUT2D eigenvalue weighted by Crippen LogP contribution is 2.10. The second-order valence-electron chi connectivity index (χ2n) is 4.63. The van der Waals surface area contributed by atoms with Gasteiger partial charge in [0.2, 0.25) is 0 Å². The normalized spacial score (nSPS) is 10.3. The summed E-state index contributed by atoms with van der Waals surface area (Å²) in [6.07, 6.45) is 3.17. The lowest BCUT2D eigenvalue weighted by Crippen LogP contribution is -2.40. The van der Waals surface area contributed by atoms with Crippen molar-refractivity contribution in [3.63, 3.8) is 0 Å². The van der Waals surface area contributed by atoms with Crippen molar-refractivity contribution in [3.8, 4) is 0 Å². The highest BCUT2D eigenvalue weighted by molar-refractivity contribution is 9.10. The number of urea groups is 1. The summed E-state index contributed by atoms with van der Waals surface area (Å²) in [7, 11) is 0. The van der Waals surface area contributed by atoms with Crippen LogP contribution in [0.4, 0.5) is 4.79 Å². The first kappa shape index (κ1) is 16.0. The van der Waals surface area contributed by atoms with Gasteiger partial charge in [-0.3, -0.25) is 0 Å². The molecule has 3 nitrogen and oxygen atoms in total. The van der Waals surface area contributed by atoms with Crippen LogP contribution >= 0.6 is 15.9 Å². The number of nitrogens with zero attached hydrogens (tertiary/aromatic N) is 1. The van der Waals surface area contributed by atoms with Crippen LogP contribution in [-0.4, -0.2) is 24.0 Å². The van der Waals surface area contributed by atoms with Gasteiger partial charge in [0.15, 0.2) is 0 Å². The van der Waals surface area contributed by atoms with Crippen molar-refractivity contribution in [1.82, 2.24) is 10.2 Å². The molecular weight excluding hydrogens is 304 g/mol. The summed E-state index contributed by atoms with van der Waals surface area (Å²) < 4.78 is 1.05. The van der Waals surface area contributed by atoms with Crippen LogP contribution < -0.4 is 5.32 Å². The van der Waals surface area contributed by atoms with Gasteiger partial charge in [-0.15, -0.1) is 0 Å². The maximum atomic E-state index is 12.1. The van der Waals surface area contributed by atoms with Gasteiger partial charge in [0, 0.05) is 24.1 Å². The monoisotopic (exact) mass is 326 g/mol. The smallest absolute Gasteiger partial charge is 0.317 e. The van der Waals surface area contributed by atoms with Crippen LogP contribution in [0.25, 0.3) is 0 Å². The molecule has 0 aliphatic carbocycles. The fourth-order valence-corrected chi connectivity index (χ4v) is 2.09. The lowest BCUT2D eigenvalue weighted by Gasteiger charge is -2.22. The lowest BCUT2D eigenvalue weighted by atomic mass is 10.2. The van der Waals surface area contributed by atoms with Crippen LogP contribution in [0.2, 0.25) is 0 Å². The molecule has 0 fully saturated rings. The van der Waals surface area contributed by atoms with E-state index in [1.807, 2.05) is 29.2 Å². The number of hydrogen-bond donors (Lipinski definition) is 1. The molecule has 0 radical (unpaired) electrons. The Bertz CT molecular complexity index is 378. The van der Waals surface area contributed by atoms with Crippen LogP contribution in [0.1, 0.15) is 38.7 Å². The molecule has 1 aromatic rings. The minimum Gasteiger partial charge on any atom is -0.334 e. The number of rotatable bonds is 7. The average molecular weight is 327 g/mol. The Labute approximate surface area is 124 Å². The van der Waals surface area contributed by atoms with E-state index in [2.05, 4.69) is 35.1 Å². The van der Waals surface area contributed by atoms with Crippen LogP contribution in [0.15, 0.2) is 28.7 Å². The number of amides is 2. The number of hydrogen-bond acceptors (Lipinski definition) is 1. The van der Waals surface area contributed by atoms with Gasteiger partial charge in [-0.1, -0.05) is 48.3 Å². The van der Waals surface area contributed by atoms with Gasteiger partial charge in [0.25, 0.3) is 0 Å². The van der Waals surface area contributed by atoms with Crippen LogP contribution in [0, 0.1) is 0 Å². The molecule has 0 aliphatic heterocycles. The van der Waals surface area contributed by atoms with E-state index in [-0.39, 0.29) is 6.03 Å². The molecule has 0 atom stereocenters. The predicted molar refractivity (Wildman–Crippen MR) is 83.1 cm³/mol. The van der Waals surface area contributed by atoms with Crippen molar-refractivity contribution in [1.29, 1.82) is 0 Å². The summed E-state index contributed by atoms with van der Waals surface area (Å²) >= 11 is 3.40. The molecule has 1 N–H and O–H groups in total. The summed E-state index contributed by atoms with van der Waals surface area (Å²) in [5.41, 5.74) is 1.11. The minimum atomic E-state index is 0.0400. The molecule has 4 heteroatoms. The summed E-state index contributed by atoms with van der Waals surface area (Å²) in [5.74, 6) is 0. The SMILES string of the molecule is CCCCN(CCC)C(=O)NCc1ccc(Br)cc1. The third kappa shape index (κ3) is 6.10. The van der Waals surface area contributed by atoms with Crippen LogP contribution in [0.3, 0.4) is 0 Å². The van der Waals surface area contributed by atoms with E-state index in [9.17, 15) is 4.79 Å². The van der Waals surface area contributed by atoms with E-state index in [1.165, 1.54) is 0 Å². The first-order valence-electron chi connectivity index (χ1n) is 6.94. The Morgan fingerprint density at radius 2 is 1.84 bits per heavy atom. The van der Waals surface area contributed by atoms with E-state index < -0.39 is 0 Å². The molecule has 0 saturated heterocycles. The van der Waals surface area contributed by atoms with Crippen molar-refractivity contribution < 1.29 is 4.79 Å². The van der Waals surface area contributed by atoms with Gasteiger partial charge in [-0.25, -0.2) is 4.79 Å². The summed E-state index contributed by atoms with van der Waals surface area (Å²) in [6, 6.07) is 8.05. The fraction of sp³-hybridized carbons (Fsp3) is 0.533. The Kier molecular flexibility index (Phi) is 7.56. The maximum absolute atomic E-state index is 12.1. The molecule has 1 aromatic carbocycles. The first-order valence-corrected chi connectivity index (χ1v) is 7.73. The fourth-order valence-electron chi connectivity index (χ4n) is 1.83. The number of halogens is 1. The molecule has 0 spiro atoms. The van der Waals surface area contributed by atoms with Gasteiger partial charge in [0.1, 0.15) is 0 Å². The molecule has 0 unspecified atom stereocenters. The number of carbonyl (C=O) groups is 1. The number of unbranched alkanes of at least 4 members (excludes halogenated alkanes) is 1. The molecule has 0 heterocycles. The topological polar surface area (TPSA) is 32.3 Å². The molecule has 19 heavy (non-hydrogen) atoms. The van der Waals surface area contributed by atoms with Gasteiger partial charge >= 0.3 is 6.03 Å². The third-order valence-corrected chi connectivity index (χ3v) is 3.45. The van der Waals surface area contributed by atoms with Gasteiger partial charge in [0.05, 0.1) is 0 Å². The van der Waals surface area contributed by atoms with Gasteiger partial charge in [-0.2, -0.15) is 0 Å². The van der Waals surface area contributed by atoms with Crippen LogP contribution in [0.5, 0.6) is 0 Å². The maximum Gasteiger partial charge on any atom is 0.317 e. The second-order valence-corrected chi connectivity index (χ2v) is 5.54. The lowest BCUT2D eigenvalue weighted by molar-refractivity contribution is 0.196. The number of carbonyl (C=O) groups excluding carboxylic acids is 1. The molecule has 0 bridgehead atoms. The largest absolute Gasteiger partial charge is 0.334 e. The Morgan fingerprint density at radius 3 is 2.42 bits per heavy atom. The van der Waals surface area contributed by atoms with Gasteiger partial charge in [-0.05, 0) is 30.5 Å².